The number of methoxy groups -OCH3 is 1. The van der Waals surface area contributed by atoms with E-state index in [1.165, 1.54) is 12.3 Å². The van der Waals surface area contributed by atoms with E-state index in [-0.39, 0.29) is 32.6 Å². The molecular weight excluding hydrogens is 547 g/mol. The summed E-state index contributed by atoms with van der Waals surface area (Å²) in [5, 5.41) is 3.14. The molecule has 2 aromatic heterocycles. The van der Waals surface area contributed by atoms with E-state index in [2.05, 4.69) is 10.3 Å². The van der Waals surface area contributed by atoms with Crippen molar-refractivity contribution in [1.29, 1.82) is 0 Å². The van der Waals surface area contributed by atoms with Crippen LogP contribution in [0.1, 0.15) is 40.9 Å². The molecule has 1 amide bonds. The fraction of sp³-hybridized carbons (Fsp3) is 0.310. The van der Waals surface area contributed by atoms with Crippen molar-refractivity contribution in [3.05, 3.63) is 81.7 Å². The lowest BCUT2D eigenvalue weighted by Gasteiger charge is -2.37. The number of nitrogens with zero attached hydrogens (tertiary/aromatic N) is 2. The highest BCUT2D eigenvalue weighted by Gasteiger charge is 2.33. The number of carbonyl (C=O) groups excluding carboxylic acids is 1. The first kappa shape index (κ1) is 27.4. The average Bonchev–Trinajstić information content (AvgIpc) is 3.31. The standard InChI is InChI=1S/C29H27ClF3N3O2S/c1-34-19-4-6-20(7-5-19)36(29(37)28-26(30)25-21(31)8-9-22(32)27(25)39-28)15-18-13-16(3-10-23(18)38-2)17-11-12-35-24(33)14-17/h3,8-14,19-20,34H,4-7,15H2,1-2H3. The van der Waals surface area contributed by atoms with Crippen molar-refractivity contribution in [3.8, 4) is 16.9 Å². The molecule has 204 valence electrons. The smallest absolute Gasteiger partial charge is 0.266 e. The monoisotopic (exact) mass is 573 g/mol. The normalized spacial score (nSPS) is 17.4. The van der Waals surface area contributed by atoms with Crippen LogP contribution in [-0.4, -0.2) is 42.0 Å². The molecule has 4 aromatic rings. The number of fused-ring (bicyclic) bond motifs is 1. The van der Waals surface area contributed by atoms with E-state index < -0.39 is 23.5 Å². The van der Waals surface area contributed by atoms with Crippen molar-refractivity contribution in [2.45, 2.75) is 44.3 Å². The minimum Gasteiger partial charge on any atom is -0.496 e. The van der Waals surface area contributed by atoms with E-state index in [1.807, 2.05) is 19.2 Å². The van der Waals surface area contributed by atoms with Gasteiger partial charge in [-0.3, -0.25) is 4.79 Å². The Morgan fingerprint density at radius 3 is 2.46 bits per heavy atom. The number of hydrogen-bond acceptors (Lipinski definition) is 5. The first-order chi connectivity index (χ1) is 18.8. The zero-order valence-electron chi connectivity index (χ0n) is 21.4. The van der Waals surface area contributed by atoms with Crippen molar-refractivity contribution in [1.82, 2.24) is 15.2 Å². The molecule has 5 nitrogen and oxygen atoms in total. The van der Waals surface area contributed by atoms with Crippen LogP contribution in [0, 0.1) is 17.6 Å². The van der Waals surface area contributed by atoms with E-state index >= 15 is 0 Å². The SMILES string of the molecule is CNC1CCC(N(Cc2cc(-c3ccnc(F)c3)ccc2OC)C(=O)c2sc3c(F)ccc(F)c3c2Cl)CC1. The molecule has 1 fully saturated rings. The summed E-state index contributed by atoms with van der Waals surface area (Å²) in [5.41, 5.74) is 2.09. The number of carbonyl (C=O) groups is 1. The van der Waals surface area contributed by atoms with E-state index in [0.29, 0.717) is 22.9 Å². The Hall–Kier alpha value is -3.14. The molecule has 0 radical (unpaired) electrons. The topological polar surface area (TPSA) is 54.5 Å². The molecule has 1 aliphatic carbocycles. The lowest BCUT2D eigenvalue weighted by molar-refractivity contribution is 0.0604. The first-order valence-electron chi connectivity index (χ1n) is 12.6. The third-order valence-corrected chi connectivity index (χ3v) is 9.04. The molecule has 5 rings (SSSR count). The van der Waals surface area contributed by atoms with E-state index in [1.54, 1.807) is 24.1 Å². The summed E-state index contributed by atoms with van der Waals surface area (Å²) in [5.74, 6) is -1.73. The predicted molar refractivity (Wildman–Crippen MR) is 148 cm³/mol. The van der Waals surface area contributed by atoms with Gasteiger partial charge in [0.2, 0.25) is 5.95 Å². The van der Waals surface area contributed by atoms with Crippen LogP contribution in [0.3, 0.4) is 0 Å². The Kier molecular flexibility index (Phi) is 8.11. The molecule has 39 heavy (non-hydrogen) atoms. The Bertz CT molecular complexity index is 1520. The Labute approximate surface area is 233 Å². The van der Waals surface area contributed by atoms with Crippen molar-refractivity contribution in [2.75, 3.05) is 14.2 Å². The van der Waals surface area contributed by atoms with Gasteiger partial charge in [0.1, 0.15) is 22.3 Å². The molecular formula is C29H27ClF3N3O2S. The number of aromatic nitrogens is 1. The van der Waals surface area contributed by atoms with Gasteiger partial charge >= 0.3 is 0 Å². The second-order valence-electron chi connectivity index (χ2n) is 9.60. The molecule has 1 saturated carbocycles. The van der Waals surface area contributed by atoms with Crippen LogP contribution in [0.5, 0.6) is 5.75 Å². The number of ether oxygens (including phenoxy) is 1. The molecule has 10 heteroatoms. The second kappa shape index (κ2) is 11.5. The van der Waals surface area contributed by atoms with Crippen molar-refractivity contribution in [2.24, 2.45) is 0 Å². The summed E-state index contributed by atoms with van der Waals surface area (Å²) < 4.78 is 48.6. The molecule has 1 aliphatic rings. The third-order valence-electron chi connectivity index (χ3n) is 7.36. The van der Waals surface area contributed by atoms with E-state index in [0.717, 1.165) is 54.7 Å². The van der Waals surface area contributed by atoms with Crippen molar-refractivity contribution >= 4 is 38.9 Å². The zero-order chi connectivity index (χ0) is 27.7. The van der Waals surface area contributed by atoms with Gasteiger partial charge in [-0.1, -0.05) is 17.7 Å². The number of nitrogens with one attached hydrogen (secondary N) is 1. The minimum absolute atomic E-state index is 0.0153. The number of thiophene rings is 1. The summed E-state index contributed by atoms with van der Waals surface area (Å²) in [4.78, 5) is 19.6. The Morgan fingerprint density at radius 2 is 1.79 bits per heavy atom. The highest BCUT2D eigenvalue weighted by molar-refractivity contribution is 7.21. The van der Waals surface area contributed by atoms with Gasteiger partial charge in [-0.2, -0.15) is 4.39 Å². The molecule has 0 spiro atoms. The van der Waals surface area contributed by atoms with Gasteiger partial charge in [-0.05, 0) is 74.2 Å². The lowest BCUT2D eigenvalue weighted by atomic mass is 9.89. The molecule has 0 unspecified atom stereocenters. The summed E-state index contributed by atoms with van der Waals surface area (Å²) >= 11 is 7.38. The maximum absolute atomic E-state index is 14.6. The van der Waals surface area contributed by atoms with E-state index in [4.69, 9.17) is 16.3 Å². The number of amides is 1. The van der Waals surface area contributed by atoms with Crippen LogP contribution in [0.15, 0.2) is 48.7 Å². The third kappa shape index (κ3) is 5.48. The lowest BCUT2D eigenvalue weighted by Crippen LogP contribution is -2.44. The highest BCUT2D eigenvalue weighted by Crippen LogP contribution is 2.40. The maximum Gasteiger partial charge on any atom is 0.266 e. The predicted octanol–water partition coefficient (Wildman–Crippen LogP) is 7.22. The van der Waals surface area contributed by atoms with Gasteiger partial charge in [0, 0.05) is 36.5 Å². The summed E-state index contributed by atoms with van der Waals surface area (Å²) in [6.45, 7) is 0.174. The van der Waals surface area contributed by atoms with Crippen LogP contribution < -0.4 is 10.1 Å². The summed E-state index contributed by atoms with van der Waals surface area (Å²) in [7, 11) is 3.47. The molecule has 0 atom stereocenters. The van der Waals surface area contributed by atoms with Crippen molar-refractivity contribution in [3.63, 3.8) is 0 Å². The van der Waals surface area contributed by atoms with E-state index in [9.17, 15) is 18.0 Å². The van der Waals surface area contributed by atoms with Crippen LogP contribution in [0.2, 0.25) is 5.02 Å². The van der Waals surface area contributed by atoms with Gasteiger partial charge in [-0.15, -0.1) is 11.3 Å². The molecule has 2 heterocycles. The molecule has 1 N–H and O–H groups in total. The van der Waals surface area contributed by atoms with Crippen molar-refractivity contribution < 1.29 is 22.7 Å². The molecule has 0 aliphatic heterocycles. The van der Waals surface area contributed by atoms with Gasteiger partial charge in [-0.25, -0.2) is 13.8 Å². The number of hydrogen-bond donors (Lipinski definition) is 1. The average molecular weight is 574 g/mol. The van der Waals surface area contributed by atoms with Crippen LogP contribution in [-0.2, 0) is 6.54 Å². The quantitative estimate of drug-likeness (QED) is 0.237. The van der Waals surface area contributed by atoms with Crippen LogP contribution >= 0.6 is 22.9 Å². The van der Waals surface area contributed by atoms with Gasteiger partial charge in [0.05, 0.1) is 22.2 Å². The van der Waals surface area contributed by atoms with Gasteiger partial charge in [0.15, 0.2) is 0 Å². The molecule has 0 saturated heterocycles. The minimum atomic E-state index is -0.674. The summed E-state index contributed by atoms with van der Waals surface area (Å²) in [6, 6.07) is 10.8. The number of halogens is 4. The maximum atomic E-state index is 14.6. The highest BCUT2D eigenvalue weighted by atomic mass is 35.5. The number of rotatable bonds is 7. The second-order valence-corrected chi connectivity index (χ2v) is 11.0. The number of benzene rings is 2. The van der Waals surface area contributed by atoms with Gasteiger partial charge in [0.25, 0.3) is 5.91 Å². The van der Waals surface area contributed by atoms with Crippen LogP contribution in [0.4, 0.5) is 13.2 Å². The fourth-order valence-corrected chi connectivity index (χ4v) is 6.76. The van der Waals surface area contributed by atoms with Crippen LogP contribution in [0.25, 0.3) is 21.2 Å². The largest absolute Gasteiger partial charge is 0.496 e. The summed E-state index contributed by atoms with van der Waals surface area (Å²) in [6.07, 6.45) is 4.65. The Balaban J connectivity index is 1.56. The molecule has 0 bridgehead atoms. The zero-order valence-corrected chi connectivity index (χ0v) is 23.0. The fourth-order valence-electron chi connectivity index (χ4n) is 5.26. The first-order valence-corrected chi connectivity index (χ1v) is 13.8. The Morgan fingerprint density at radius 1 is 1.08 bits per heavy atom. The molecule has 2 aromatic carbocycles. The van der Waals surface area contributed by atoms with Gasteiger partial charge < -0.3 is 15.0 Å². The number of pyridine rings is 1.